The van der Waals surface area contributed by atoms with Crippen molar-refractivity contribution in [3.05, 3.63) is 27.7 Å². The maximum Gasteiger partial charge on any atom is 0.140 e. The summed E-state index contributed by atoms with van der Waals surface area (Å²) in [5, 5.41) is 4.36. The molecule has 0 fully saturated rings. The highest BCUT2D eigenvalue weighted by atomic mass is 35.5. The van der Waals surface area contributed by atoms with Gasteiger partial charge in [0.05, 0.1) is 11.6 Å². The van der Waals surface area contributed by atoms with Gasteiger partial charge in [-0.2, -0.15) is 0 Å². The Morgan fingerprint density at radius 1 is 1.18 bits per heavy atom. The molecule has 0 heterocycles. The van der Waals surface area contributed by atoms with Crippen molar-refractivity contribution in [2.45, 2.75) is 6.92 Å². The second kappa shape index (κ2) is 7.77. The first kappa shape index (κ1) is 14.6. The lowest BCUT2D eigenvalue weighted by molar-refractivity contribution is 0.196. The molecule has 0 radical (unpaired) electrons. The van der Waals surface area contributed by atoms with Gasteiger partial charge in [-0.15, -0.1) is 0 Å². The van der Waals surface area contributed by atoms with E-state index in [1.165, 1.54) is 0 Å². The third kappa shape index (κ3) is 5.13. The van der Waals surface area contributed by atoms with E-state index < -0.39 is 0 Å². The van der Waals surface area contributed by atoms with Crippen LogP contribution in [-0.4, -0.2) is 33.4 Å². The van der Waals surface area contributed by atoms with E-state index in [2.05, 4.69) is 5.32 Å². The molecule has 1 aromatic rings. The smallest absolute Gasteiger partial charge is 0.140 e. The van der Waals surface area contributed by atoms with Crippen molar-refractivity contribution in [3.8, 4) is 5.75 Å². The number of hydrogen-bond acceptors (Lipinski definition) is 3. The van der Waals surface area contributed by atoms with Crippen LogP contribution in [0.15, 0.2) is 12.1 Å². The van der Waals surface area contributed by atoms with Crippen molar-refractivity contribution in [2.24, 2.45) is 0 Å². The monoisotopic (exact) mass is 277 g/mol. The number of rotatable bonds is 7. The fourth-order valence-corrected chi connectivity index (χ4v) is 2.05. The number of hydrogen-bond donors (Lipinski definition) is 1. The molecule has 0 spiro atoms. The van der Waals surface area contributed by atoms with E-state index >= 15 is 0 Å². The molecule has 0 aliphatic rings. The molecule has 0 aromatic heterocycles. The minimum atomic E-state index is 0.548. The topological polar surface area (TPSA) is 30.5 Å². The number of aryl methyl sites for hydroxylation is 1. The Bertz CT molecular complexity index is 335. The van der Waals surface area contributed by atoms with Gasteiger partial charge in [0.25, 0.3) is 0 Å². The van der Waals surface area contributed by atoms with Crippen LogP contribution in [0, 0.1) is 6.92 Å². The molecule has 3 nitrogen and oxygen atoms in total. The average Bonchev–Trinajstić information content (AvgIpc) is 2.26. The molecule has 0 saturated carbocycles. The van der Waals surface area contributed by atoms with E-state index in [0.29, 0.717) is 29.0 Å². The van der Waals surface area contributed by atoms with Gasteiger partial charge in [0.1, 0.15) is 12.4 Å². The van der Waals surface area contributed by atoms with Crippen molar-refractivity contribution in [1.29, 1.82) is 0 Å². The van der Waals surface area contributed by atoms with Crippen LogP contribution in [0.2, 0.25) is 10.0 Å². The van der Waals surface area contributed by atoms with E-state index in [4.69, 9.17) is 32.7 Å². The highest BCUT2D eigenvalue weighted by Crippen LogP contribution is 2.31. The van der Waals surface area contributed by atoms with E-state index in [-0.39, 0.29) is 0 Å². The van der Waals surface area contributed by atoms with Crippen molar-refractivity contribution in [1.82, 2.24) is 5.32 Å². The van der Waals surface area contributed by atoms with Crippen LogP contribution in [0.5, 0.6) is 5.75 Å². The van der Waals surface area contributed by atoms with Crippen molar-refractivity contribution >= 4 is 23.2 Å². The summed E-state index contributed by atoms with van der Waals surface area (Å²) in [7, 11) is 1.68. The Morgan fingerprint density at radius 3 is 2.53 bits per heavy atom. The Hall–Kier alpha value is -0.480. The summed E-state index contributed by atoms with van der Waals surface area (Å²) in [5.41, 5.74) is 0.944. The van der Waals surface area contributed by atoms with E-state index in [9.17, 15) is 0 Å². The second-order valence-electron chi connectivity index (χ2n) is 3.62. The van der Waals surface area contributed by atoms with Gasteiger partial charge in [-0.1, -0.05) is 23.2 Å². The van der Waals surface area contributed by atoms with E-state index in [0.717, 1.165) is 18.7 Å². The summed E-state index contributed by atoms with van der Waals surface area (Å²) in [6.45, 7) is 4.74. The van der Waals surface area contributed by atoms with Crippen LogP contribution in [0.1, 0.15) is 5.56 Å². The molecule has 17 heavy (non-hydrogen) atoms. The molecule has 0 atom stereocenters. The largest absolute Gasteiger partial charge is 0.490 e. The fraction of sp³-hybridized carbons (Fsp3) is 0.500. The van der Waals surface area contributed by atoms with Gasteiger partial charge in [-0.3, -0.25) is 0 Å². The summed E-state index contributed by atoms with van der Waals surface area (Å²) in [6, 6.07) is 3.52. The maximum absolute atomic E-state index is 6.05. The molecular formula is C12H17Cl2NO2. The first-order valence-electron chi connectivity index (χ1n) is 5.43. The first-order valence-corrected chi connectivity index (χ1v) is 6.19. The quantitative estimate of drug-likeness (QED) is 0.778. The molecular weight excluding hydrogens is 261 g/mol. The molecule has 0 saturated heterocycles. The van der Waals surface area contributed by atoms with Gasteiger partial charge in [0.2, 0.25) is 0 Å². The zero-order chi connectivity index (χ0) is 12.7. The summed E-state index contributed by atoms with van der Waals surface area (Å²) in [5.74, 6) is 0.699. The van der Waals surface area contributed by atoms with E-state index in [1.54, 1.807) is 13.2 Å². The van der Waals surface area contributed by atoms with Gasteiger partial charge in [0.15, 0.2) is 0 Å². The van der Waals surface area contributed by atoms with E-state index in [1.807, 2.05) is 13.0 Å². The summed E-state index contributed by atoms with van der Waals surface area (Å²) in [6.07, 6.45) is 0. The molecule has 0 aliphatic heterocycles. The Labute approximate surface area is 112 Å². The van der Waals surface area contributed by atoms with Gasteiger partial charge in [-0.25, -0.2) is 0 Å². The third-order valence-electron chi connectivity index (χ3n) is 2.20. The SMILES string of the molecule is COCCNCCOc1c(C)cc(Cl)cc1Cl. The standard InChI is InChI=1S/C12H17Cl2NO2/c1-9-7-10(13)8-11(14)12(9)17-6-4-15-3-5-16-2/h7-8,15H,3-6H2,1-2H3. The predicted molar refractivity (Wildman–Crippen MR) is 71.4 cm³/mol. The maximum atomic E-state index is 6.05. The molecule has 1 rings (SSSR count). The Balaban J connectivity index is 2.36. The number of ether oxygens (including phenoxy) is 2. The van der Waals surface area contributed by atoms with Crippen LogP contribution < -0.4 is 10.1 Å². The molecule has 96 valence electrons. The molecule has 1 aromatic carbocycles. The highest BCUT2D eigenvalue weighted by molar-refractivity contribution is 6.35. The lowest BCUT2D eigenvalue weighted by Crippen LogP contribution is -2.24. The summed E-state index contributed by atoms with van der Waals surface area (Å²) in [4.78, 5) is 0. The third-order valence-corrected chi connectivity index (χ3v) is 2.70. The number of nitrogens with one attached hydrogen (secondary N) is 1. The molecule has 0 unspecified atom stereocenters. The lowest BCUT2D eigenvalue weighted by atomic mass is 10.2. The van der Waals surface area contributed by atoms with Crippen LogP contribution in [0.3, 0.4) is 0 Å². The van der Waals surface area contributed by atoms with Crippen molar-refractivity contribution in [2.75, 3.05) is 33.4 Å². The summed E-state index contributed by atoms with van der Waals surface area (Å²) < 4.78 is 10.5. The Morgan fingerprint density at radius 2 is 1.88 bits per heavy atom. The number of methoxy groups -OCH3 is 1. The van der Waals surface area contributed by atoms with Crippen LogP contribution >= 0.6 is 23.2 Å². The van der Waals surface area contributed by atoms with Crippen molar-refractivity contribution < 1.29 is 9.47 Å². The molecule has 0 aliphatic carbocycles. The minimum Gasteiger partial charge on any atom is -0.490 e. The molecule has 1 N–H and O–H groups in total. The number of halogens is 2. The number of benzene rings is 1. The van der Waals surface area contributed by atoms with Crippen molar-refractivity contribution in [3.63, 3.8) is 0 Å². The van der Waals surface area contributed by atoms with Gasteiger partial charge in [0, 0.05) is 25.2 Å². The average molecular weight is 278 g/mol. The lowest BCUT2D eigenvalue weighted by Gasteiger charge is -2.11. The zero-order valence-electron chi connectivity index (χ0n) is 10.1. The molecule has 0 amide bonds. The first-order chi connectivity index (χ1) is 8.15. The van der Waals surface area contributed by atoms with Crippen LogP contribution in [-0.2, 0) is 4.74 Å². The predicted octanol–water partition coefficient (Wildman–Crippen LogP) is 2.92. The fourth-order valence-electron chi connectivity index (χ4n) is 1.40. The van der Waals surface area contributed by atoms with Gasteiger partial charge >= 0.3 is 0 Å². The summed E-state index contributed by atoms with van der Waals surface area (Å²) >= 11 is 11.9. The van der Waals surface area contributed by atoms with Gasteiger partial charge < -0.3 is 14.8 Å². The Kier molecular flexibility index (Phi) is 6.66. The minimum absolute atomic E-state index is 0.548. The van der Waals surface area contributed by atoms with Gasteiger partial charge in [-0.05, 0) is 24.6 Å². The second-order valence-corrected chi connectivity index (χ2v) is 4.47. The van der Waals surface area contributed by atoms with Crippen LogP contribution in [0.25, 0.3) is 0 Å². The van der Waals surface area contributed by atoms with Crippen LogP contribution in [0.4, 0.5) is 0 Å². The normalized spacial score (nSPS) is 10.6. The highest BCUT2D eigenvalue weighted by Gasteiger charge is 2.06. The molecule has 0 bridgehead atoms. The zero-order valence-corrected chi connectivity index (χ0v) is 11.6. The molecule has 5 heteroatoms.